The minimum Gasteiger partial charge on any atom is -0.496 e. The highest BCUT2D eigenvalue weighted by Crippen LogP contribution is 2.38. The van der Waals surface area contributed by atoms with Crippen molar-refractivity contribution in [3.63, 3.8) is 0 Å². The fourth-order valence-corrected chi connectivity index (χ4v) is 4.80. The van der Waals surface area contributed by atoms with Gasteiger partial charge in [-0.25, -0.2) is 9.50 Å². The average molecular weight is 516 g/mol. The number of aromatic nitrogens is 4. The molecule has 1 aromatic carbocycles. The molecule has 7 nitrogen and oxygen atoms in total. The predicted octanol–water partition coefficient (Wildman–Crippen LogP) is 5.84. The predicted molar refractivity (Wildman–Crippen MR) is 127 cm³/mol. The van der Waals surface area contributed by atoms with Gasteiger partial charge < -0.3 is 9.64 Å². The molecule has 3 aromatic heterocycles. The lowest BCUT2D eigenvalue weighted by Crippen LogP contribution is -2.39. The Morgan fingerprint density at radius 2 is 1.97 bits per heavy atom. The van der Waals surface area contributed by atoms with Gasteiger partial charge in [0, 0.05) is 24.5 Å². The average Bonchev–Trinajstić information content (AvgIpc) is 3.23. The van der Waals surface area contributed by atoms with Gasteiger partial charge in [0.1, 0.15) is 10.8 Å². The van der Waals surface area contributed by atoms with Crippen LogP contribution in [0.1, 0.15) is 47.1 Å². The van der Waals surface area contributed by atoms with Crippen molar-refractivity contribution in [2.75, 3.05) is 13.7 Å². The molecule has 1 unspecified atom stereocenters. The molecule has 1 aliphatic rings. The molecule has 0 spiro atoms. The molecule has 4 aromatic rings. The van der Waals surface area contributed by atoms with Crippen molar-refractivity contribution in [1.82, 2.24) is 24.5 Å². The summed E-state index contributed by atoms with van der Waals surface area (Å²) in [5, 5.41) is 3.79. The maximum atomic E-state index is 14.1. The number of amides is 1. The van der Waals surface area contributed by atoms with Crippen LogP contribution in [-0.2, 0) is 6.18 Å². The zero-order valence-corrected chi connectivity index (χ0v) is 19.9. The van der Waals surface area contributed by atoms with Crippen LogP contribution in [0.5, 0.6) is 5.75 Å². The van der Waals surface area contributed by atoms with Gasteiger partial charge in [0.05, 0.1) is 18.8 Å². The van der Waals surface area contributed by atoms with Crippen LogP contribution in [0.2, 0.25) is 5.02 Å². The summed E-state index contributed by atoms with van der Waals surface area (Å²) in [5.41, 5.74) is -0.437. The van der Waals surface area contributed by atoms with E-state index in [4.69, 9.17) is 16.3 Å². The third-order valence-corrected chi connectivity index (χ3v) is 6.59. The highest BCUT2D eigenvalue weighted by molar-refractivity contribution is 6.36. The van der Waals surface area contributed by atoms with E-state index in [0.29, 0.717) is 28.8 Å². The largest absolute Gasteiger partial charge is 0.496 e. The van der Waals surface area contributed by atoms with E-state index in [1.165, 1.54) is 7.11 Å². The Bertz CT molecular complexity index is 1420. The number of hydrogen-bond donors (Lipinski definition) is 0. The number of carbonyl (C=O) groups excluding carboxylic acids is 1. The van der Waals surface area contributed by atoms with Crippen molar-refractivity contribution in [2.24, 2.45) is 0 Å². The number of alkyl halides is 3. The highest BCUT2D eigenvalue weighted by atomic mass is 35.5. The zero-order valence-electron chi connectivity index (χ0n) is 19.2. The van der Waals surface area contributed by atoms with Crippen molar-refractivity contribution in [1.29, 1.82) is 0 Å². The number of pyridine rings is 1. The molecule has 1 aliphatic heterocycles. The van der Waals surface area contributed by atoms with E-state index in [0.717, 1.165) is 24.5 Å². The highest BCUT2D eigenvalue weighted by Gasteiger charge is 2.38. The topological polar surface area (TPSA) is 72.6 Å². The SMILES string of the molecule is COc1ccccc1-c1cc(C(F)(F)F)n2nc(C(=O)N3CCCCC3c3cccnc3)c(Cl)c2n1. The molecular weight excluding hydrogens is 495 g/mol. The van der Waals surface area contributed by atoms with Crippen LogP contribution in [0.15, 0.2) is 54.9 Å². The molecule has 1 atom stereocenters. The van der Waals surface area contributed by atoms with Crippen molar-refractivity contribution < 1.29 is 22.7 Å². The Hall–Kier alpha value is -3.66. The number of benzene rings is 1. The Balaban J connectivity index is 1.64. The number of fused-ring (bicyclic) bond motifs is 1. The second-order valence-corrected chi connectivity index (χ2v) is 8.80. The zero-order chi connectivity index (χ0) is 25.4. The van der Waals surface area contributed by atoms with Crippen LogP contribution in [0.3, 0.4) is 0 Å². The van der Waals surface area contributed by atoms with E-state index < -0.39 is 17.8 Å². The fraction of sp³-hybridized carbons (Fsp3) is 0.280. The van der Waals surface area contributed by atoms with Gasteiger partial charge in [0.25, 0.3) is 5.91 Å². The third-order valence-electron chi connectivity index (χ3n) is 6.24. The van der Waals surface area contributed by atoms with Crippen LogP contribution in [-0.4, -0.2) is 44.0 Å². The van der Waals surface area contributed by atoms with Crippen LogP contribution in [0.25, 0.3) is 16.9 Å². The molecule has 0 N–H and O–H groups in total. The first kappa shape index (κ1) is 24.1. The molecule has 36 heavy (non-hydrogen) atoms. The second kappa shape index (κ2) is 9.42. The minimum atomic E-state index is -4.78. The summed E-state index contributed by atoms with van der Waals surface area (Å²) in [6.07, 6.45) is 0.913. The first-order valence-electron chi connectivity index (χ1n) is 11.3. The Morgan fingerprint density at radius 3 is 2.69 bits per heavy atom. The van der Waals surface area contributed by atoms with Gasteiger partial charge in [0.2, 0.25) is 0 Å². The Kier molecular flexibility index (Phi) is 6.29. The molecule has 5 rings (SSSR count). The van der Waals surface area contributed by atoms with Crippen LogP contribution in [0.4, 0.5) is 13.2 Å². The summed E-state index contributed by atoms with van der Waals surface area (Å²) < 4.78 is 48.2. The summed E-state index contributed by atoms with van der Waals surface area (Å²) in [5.74, 6) is -0.201. The van der Waals surface area contributed by atoms with E-state index in [9.17, 15) is 18.0 Å². The van der Waals surface area contributed by atoms with Gasteiger partial charge in [-0.2, -0.15) is 18.3 Å². The summed E-state index contributed by atoms with van der Waals surface area (Å²) in [6.45, 7) is 0.425. The minimum absolute atomic E-state index is 0.000664. The lowest BCUT2D eigenvalue weighted by molar-refractivity contribution is -0.142. The second-order valence-electron chi connectivity index (χ2n) is 8.42. The Morgan fingerprint density at radius 1 is 1.17 bits per heavy atom. The van der Waals surface area contributed by atoms with Crippen molar-refractivity contribution in [3.8, 4) is 17.0 Å². The van der Waals surface area contributed by atoms with Crippen LogP contribution in [0, 0.1) is 0 Å². The number of rotatable bonds is 4. The van der Waals surface area contributed by atoms with Gasteiger partial charge in [-0.1, -0.05) is 29.8 Å². The standard InChI is InChI=1S/C25H21ClF3N5O2/c1-36-19-10-3-2-8-16(19)17-13-20(25(27,28)29)34-23(31-17)21(26)22(32-34)24(35)33-12-5-4-9-18(33)15-7-6-11-30-14-15/h2-3,6-8,10-11,13-14,18H,4-5,9,12H2,1H3. The molecule has 0 bridgehead atoms. The van der Waals surface area contributed by atoms with Crippen molar-refractivity contribution in [2.45, 2.75) is 31.5 Å². The van der Waals surface area contributed by atoms with Crippen LogP contribution >= 0.6 is 11.6 Å². The molecule has 0 aliphatic carbocycles. The quantitative estimate of drug-likeness (QED) is 0.341. The summed E-state index contributed by atoms with van der Waals surface area (Å²) in [4.78, 5) is 23.7. The van der Waals surface area contributed by atoms with E-state index >= 15 is 0 Å². The van der Waals surface area contributed by atoms with Gasteiger partial charge in [0.15, 0.2) is 17.0 Å². The van der Waals surface area contributed by atoms with E-state index in [1.807, 2.05) is 6.07 Å². The first-order valence-corrected chi connectivity index (χ1v) is 11.7. The lowest BCUT2D eigenvalue weighted by Gasteiger charge is -2.35. The number of methoxy groups -OCH3 is 1. The number of piperidine rings is 1. The Labute approximate surface area is 209 Å². The summed E-state index contributed by atoms with van der Waals surface area (Å²) >= 11 is 6.52. The number of ether oxygens (including phenoxy) is 1. The van der Waals surface area contributed by atoms with Gasteiger partial charge in [-0.05, 0) is 49.1 Å². The maximum Gasteiger partial charge on any atom is 0.433 e. The van der Waals surface area contributed by atoms with Gasteiger partial charge in [-0.15, -0.1) is 0 Å². The van der Waals surface area contributed by atoms with E-state index in [2.05, 4.69) is 15.1 Å². The van der Waals surface area contributed by atoms with Gasteiger partial charge >= 0.3 is 6.18 Å². The molecule has 186 valence electrons. The number of para-hydroxylation sites is 1. The first-order chi connectivity index (χ1) is 17.3. The van der Waals surface area contributed by atoms with Crippen LogP contribution < -0.4 is 4.74 Å². The number of carbonyl (C=O) groups is 1. The molecule has 0 saturated carbocycles. The van der Waals surface area contributed by atoms with E-state index in [-0.39, 0.29) is 28.1 Å². The number of halogens is 4. The molecular formula is C25H21ClF3N5O2. The molecule has 1 fully saturated rings. The van der Waals surface area contributed by atoms with E-state index in [1.54, 1.807) is 47.6 Å². The lowest BCUT2D eigenvalue weighted by atomic mass is 9.96. The maximum absolute atomic E-state index is 14.1. The molecule has 11 heteroatoms. The monoisotopic (exact) mass is 515 g/mol. The number of likely N-dealkylation sites (tertiary alicyclic amines) is 1. The molecule has 4 heterocycles. The fourth-order valence-electron chi connectivity index (χ4n) is 4.55. The van der Waals surface area contributed by atoms with Gasteiger partial charge in [-0.3, -0.25) is 9.78 Å². The van der Waals surface area contributed by atoms with Crippen molar-refractivity contribution in [3.05, 3.63) is 76.8 Å². The summed E-state index contributed by atoms with van der Waals surface area (Å²) in [7, 11) is 1.42. The normalized spacial score (nSPS) is 16.4. The molecule has 0 radical (unpaired) electrons. The molecule has 1 amide bonds. The molecule has 1 saturated heterocycles. The summed E-state index contributed by atoms with van der Waals surface area (Å²) in [6, 6.07) is 10.8. The smallest absolute Gasteiger partial charge is 0.433 e. The number of nitrogens with zero attached hydrogens (tertiary/aromatic N) is 5. The number of hydrogen-bond acceptors (Lipinski definition) is 5. The van der Waals surface area contributed by atoms with Crippen molar-refractivity contribution >= 4 is 23.2 Å². The third kappa shape index (κ3) is 4.26.